The van der Waals surface area contributed by atoms with E-state index < -0.39 is 0 Å². The highest BCUT2D eigenvalue weighted by Gasteiger charge is 2.07. The maximum Gasteiger partial charge on any atom is 0.203 e. The van der Waals surface area contributed by atoms with Crippen molar-refractivity contribution in [3.8, 4) is 0 Å². The molecular weight excluding hydrogens is 184 g/mol. The second kappa shape index (κ2) is 4.56. The van der Waals surface area contributed by atoms with Crippen molar-refractivity contribution < 1.29 is 4.79 Å². The SMILES string of the molecule is O=[C]CC1=C2C=CC=CC=C2C=CC=C1. The Hall–Kier alpha value is -1.89. The van der Waals surface area contributed by atoms with E-state index in [2.05, 4.69) is 0 Å². The fourth-order valence-corrected chi connectivity index (χ4v) is 1.65. The lowest BCUT2D eigenvalue weighted by Crippen LogP contribution is -1.90. The number of carbonyl (C=O) groups excluding carboxylic acids is 1. The van der Waals surface area contributed by atoms with E-state index in [-0.39, 0.29) is 0 Å². The summed E-state index contributed by atoms with van der Waals surface area (Å²) in [6.45, 7) is 0. The van der Waals surface area contributed by atoms with E-state index in [9.17, 15) is 4.79 Å². The monoisotopic (exact) mass is 195 g/mol. The predicted octanol–water partition coefficient (Wildman–Crippen LogP) is 2.96. The Morgan fingerprint density at radius 1 is 0.933 bits per heavy atom. The van der Waals surface area contributed by atoms with Crippen molar-refractivity contribution >= 4 is 6.29 Å². The molecule has 0 aromatic heterocycles. The van der Waals surface area contributed by atoms with Gasteiger partial charge in [0.1, 0.15) is 0 Å². The smallest absolute Gasteiger partial charge is 0.203 e. The van der Waals surface area contributed by atoms with Crippen molar-refractivity contribution in [2.45, 2.75) is 6.42 Å². The van der Waals surface area contributed by atoms with Gasteiger partial charge in [-0.15, -0.1) is 0 Å². The first-order valence-electron chi connectivity index (χ1n) is 4.90. The van der Waals surface area contributed by atoms with Crippen LogP contribution in [0.1, 0.15) is 6.42 Å². The van der Waals surface area contributed by atoms with E-state index in [0.29, 0.717) is 6.42 Å². The van der Waals surface area contributed by atoms with Crippen LogP contribution in [0.3, 0.4) is 0 Å². The van der Waals surface area contributed by atoms with Crippen molar-refractivity contribution in [3.63, 3.8) is 0 Å². The van der Waals surface area contributed by atoms with Gasteiger partial charge in [-0.3, -0.25) is 4.79 Å². The third-order valence-corrected chi connectivity index (χ3v) is 2.36. The Morgan fingerprint density at radius 3 is 2.60 bits per heavy atom. The summed E-state index contributed by atoms with van der Waals surface area (Å²) in [4.78, 5) is 10.5. The Bertz CT molecular complexity index is 440. The standard InChI is InChI=1S/C14H11O/c15-11-10-13-8-5-4-7-12-6-2-1-3-9-14(12)13/h1-9H,10H2. The van der Waals surface area contributed by atoms with Gasteiger partial charge >= 0.3 is 0 Å². The summed E-state index contributed by atoms with van der Waals surface area (Å²) in [5.74, 6) is 0. The Balaban J connectivity index is 2.52. The molecule has 0 N–H and O–H groups in total. The zero-order chi connectivity index (χ0) is 10.5. The van der Waals surface area contributed by atoms with E-state index >= 15 is 0 Å². The van der Waals surface area contributed by atoms with E-state index in [4.69, 9.17) is 0 Å². The molecule has 0 atom stereocenters. The highest BCUT2D eigenvalue weighted by atomic mass is 16.1. The summed E-state index contributed by atoms with van der Waals surface area (Å²) in [5, 5.41) is 0. The molecule has 2 rings (SSSR count). The summed E-state index contributed by atoms with van der Waals surface area (Å²) in [5.41, 5.74) is 3.25. The highest BCUT2D eigenvalue weighted by molar-refractivity contribution is 5.64. The van der Waals surface area contributed by atoms with Crippen LogP contribution in [0.5, 0.6) is 0 Å². The molecule has 0 saturated heterocycles. The summed E-state index contributed by atoms with van der Waals surface area (Å²) in [6, 6.07) is 0. The van der Waals surface area contributed by atoms with Crippen molar-refractivity contribution in [2.75, 3.05) is 0 Å². The number of allylic oxidation sites excluding steroid dienone is 12. The average molecular weight is 195 g/mol. The van der Waals surface area contributed by atoms with Gasteiger partial charge in [0, 0.05) is 6.42 Å². The topological polar surface area (TPSA) is 17.1 Å². The van der Waals surface area contributed by atoms with Crippen LogP contribution >= 0.6 is 0 Å². The lowest BCUT2D eigenvalue weighted by atomic mass is 9.99. The first kappa shape index (κ1) is 9.66. The van der Waals surface area contributed by atoms with Crippen molar-refractivity contribution in [2.24, 2.45) is 0 Å². The first-order chi connectivity index (χ1) is 7.42. The molecule has 0 saturated carbocycles. The minimum Gasteiger partial charge on any atom is -0.291 e. The first-order valence-corrected chi connectivity index (χ1v) is 4.90. The minimum atomic E-state index is 0.342. The Labute approximate surface area is 89.5 Å². The van der Waals surface area contributed by atoms with Crippen LogP contribution in [0, 0.1) is 0 Å². The normalized spacial score (nSPS) is 18.3. The Kier molecular flexibility index (Phi) is 2.93. The zero-order valence-corrected chi connectivity index (χ0v) is 8.31. The number of rotatable bonds is 2. The molecule has 0 spiro atoms. The lowest BCUT2D eigenvalue weighted by molar-refractivity contribution is 0.555. The van der Waals surface area contributed by atoms with Gasteiger partial charge in [-0.25, -0.2) is 0 Å². The molecule has 0 heterocycles. The molecule has 0 aromatic rings. The molecule has 0 fully saturated rings. The van der Waals surface area contributed by atoms with Crippen molar-refractivity contribution in [1.82, 2.24) is 0 Å². The van der Waals surface area contributed by atoms with Crippen LogP contribution in [0.4, 0.5) is 0 Å². The van der Waals surface area contributed by atoms with Gasteiger partial charge in [-0.05, 0) is 16.7 Å². The molecule has 1 nitrogen and oxygen atoms in total. The van der Waals surface area contributed by atoms with Crippen molar-refractivity contribution in [3.05, 3.63) is 71.4 Å². The third kappa shape index (κ3) is 2.13. The van der Waals surface area contributed by atoms with Crippen LogP contribution in [-0.4, -0.2) is 6.29 Å². The van der Waals surface area contributed by atoms with E-state index in [0.717, 1.165) is 16.7 Å². The average Bonchev–Trinajstić information content (AvgIpc) is 2.55. The summed E-state index contributed by atoms with van der Waals surface area (Å²) in [6.07, 6.45) is 20.3. The fraction of sp³-hybridized carbons (Fsp3) is 0.0714. The molecule has 73 valence electrons. The van der Waals surface area contributed by atoms with Crippen LogP contribution < -0.4 is 0 Å². The Morgan fingerprint density at radius 2 is 1.73 bits per heavy atom. The summed E-state index contributed by atoms with van der Waals surface area (Å²) in [7, 11) is 0. The molecule has 0 bridgehead atoms. The second-order valence-electron chi connectivity index (χ2n) is 3.34. The van der Waals surface area contributed by atoms with Gasteiger partial charge in [0.15, 0.2) is 0 Å². The largest absolute Gasteiger partial charge is 0.291 e. The maximum atomic E-state index is 10.5. The fourth-order valence-electron chi connectivity index (χ4n) is 1.65. The summed E-state index contributed by atoms with van der Waals surface area (Å²) < 4.78 is 0. The van der Waals surface area contributed by atoms with Crippen LogP contribution in [0.25, 0.3) is 0 Å². The number of hydrogen-bond donors (Lipinski definition) is 0. The molecule has 2 aliphatic carbocycles. The van der Waals surface area contributed by atoms with E-state index in [1.54, 1.807) is 0 Å². The molecule has 0 aliphatic heterocycles. The quantitative estimate of drug-likeness (QED) is 0.662. The molecule has 2 aliphatic rings. The minimum absolute atomic E-state index is 0.342. The van der Waals surface area contributed by atoms with E-state index in [1.165, 1.54) is 0 Å². The van der Waals surface area contributed by atoms with Gasteiger partial charge in [-0.1, -0.05) is 54.7 Å². The highest BCUT2D eigenvalue weighted by Crippen LogP contribution is 2.24. The van der Waals surface area contributed by atoms with Gasteiger partial charge < -0.3 is 0 Å². The molecule has 0 aromatic carbocycles. The molecule has 0 unspecified atom stereocenters. The number of fused-ring (bicyclic) bond motifs is 1. The van der Waals surface area contributed by atoms with Gasteiger partial charge in [0.2, 0.25) is 6.29 Å². The second-order valence-corrected chi connectivity index (χ2v) is 3.34. The van der Waals surface area contributed by atoms with Crippen LogP contribution in [0.2, 0.25) is 0 Å². The third-order valence-electron chi connectivity index (χ3n) is 2.36. The van der Waals surface area contributed by atoms with Gasteiger partial charge in [-0.2, -0.15) is 0 Å². The molecule has 0 amide bonds. The van der Waals surface area contributed by atoms with Crippen molar-refractivity contribution in [1.29, 1.82) is 0 Å². The molecule has 1 heteroatoms. The van der Waals surface area contributed by atoms with Gasteiger partial charge in [0.25, 0.3) is 0 Å². The van der Waals surface area contributed by atoms with E-state index in [1.807, 2.05) is 61.0 Å². The maximum absolute atomic E-state index is 10.5. The predicted molar refractivity (Wildman–Crippen MR) is 62.0 cm³/mol. The zero-order valence-electron chi connectivity index (χ0n) is 8.31. The number of hydrogen-bond acceptors (Lipinski definition) is 1. The molecule has 1 radical (unpaired) electrons. The van der Waals surface area contributed by atoms with Crippen LogP contribution in [0.15, 0.2) is 71.4 Å². The molecular formula is C14H11O. The van der Waals surface area contributed by atoms with Crippen LogP contribution in [-0.2, 0) is 4.79 Å². The lowest BCUT2D eigenvalue weighted by Gasteiger charge is -2.05. The summed E-state index contributed by atoms with van der Waals surface area (Å²) >= 11 is 0. The van der Waals surface area contributed by atoms with Gasteiger partial charge in [0.05, 0.1) is 0 Å². The molecule has 15 heavy (non-hydrogen) atoms.